The number of carbonyl (C=O) groups excluding carboxylic acids is 1. The first kappa shape index (κ1) is 25.0. The number of benzene rings is 1. The largest absolute Gasteiger partial charge is 0.354 e. The van der Waals surface area contributed by atoms with Gasteiger partial charge in [0.05, 0.1) is 31.2 Å². The quantitative estimate of drug-likeness (QED) is 0.223. The number of nitrogens with zero attached hydrogens (tertiary/aromatic N) is 3. The highest BCUT2D eigenvalue weighted by atomic mass is 32.2. The van der Waals surface area contributed by atoms with Gasteiger partial charge in [-0.15, -0.1) is 0 Å². The molecule has 0 radical (unpaired) electrons. The predicted octanol–water partition coefficient (Wildman–Crippen LogP) is 0.156. The Labute approximate surface area is 179 Å². The summed E-state index contributed by atoms with van der Waals surface area (Å²) in [6.07, 6.45) is -2.52. The average Bonchev–Trinajstić information content (AvgIpc) is 2.68. The van der Waals surface area contributed by atoms with E-state index in [2.05, 4.69) is 15.3 Å². The van der Waals surface area contributed by atoms with Gasteiger partial charge in [0, 0.05) is 17.6 Å². The minimum atomic E-state index is -4.11. The lowest BCUT2D eigenvalue weighted by Crippen LogP contribution is -2.64. The Morgan fingerprint density at radius 1 is 1.19 bits per heavy atom. The summed E-state index contributed by atoms with van der Waals surface area (Å²) in [6, 6.07) is 5.55. The molecule has 0 aliphatic carbocycles. The van der Waals surface area contributed by atoms with Crippen molar-refractivity contribution in [1.82, 2.24) is 5.32 Å². The van der Waals surface area contributed by atoms with Crippen molar-refractivity contribution < 1.29 is 39.5 Å². The van der Waals surface area contributed by atoms with Gasteiger partial charge in [0.25, 0.3) is 26.1 Å². The maximum Gasteiger partial charge on any atom is 0.264 e. The Morgan fingerprint density at radius 2 is 1.84 bits per heavy atom. The molecule has 1 aliphatic rings. The second-order valence-electron chi connectivity index (χ2n) is 6.59. The van der Waals surface area contributed by atoms with Gasteiger partial charge in [-0.25, -0.2) is 0 Å². The second-order valence-corrected chi connectivity index (χ2v) is 9.84. The van der Waals surface area contributed by atoms with E-state index in [1.165, 1.54) is 19.2 Å². The van der Waals surface area contributed by atoms with Crippen LogP contribution in [0.1, 0.15) is 10.4 Å². The van der Waals surface area contributed by atoms with Crippen molar-refractivity contribution in [1.29, 1.82) is 0 Å². The second kappa shape index (κ2) is 10.4. The third-order valence-electron chi connectivity index (χ3n) is 4.16. The van der Waals surface area contributed by atoms with E-state index in [0.717, 1.165) is 12.5 Å². The van der Waals surface area contributed by atoms with E-state index in [-0.39, 0.29) is 5.56 Å². The molecule has 1 aliphatic heterocycles. The molecule has 5 atom stereocenters. The molecule has 1 heterocycles. The van der Waals surface area contributed by atoms with Gasteiger partial charge < -0.3 is 14.8 Å². The smallest absolute Gasteiger partial charge is 0.264 e. The highest BCUT2D eigenvalue weighted by Gasteiger charge is 2.49. The van der Waals surface area contributed by atoms with Gasteiger partial charge in [0.15, 0.2) is 6.29 Å². The molecular formula is C16H22N4O9S2. The van der Waals surface area contributed by atoms with E-state index in [1.807, 2.05) is 0 Å². The molecule has 1 N–H and O–H groups in total. The van der Waals surface area contributed by atoms with Crippen molar-refractivity contribution in [2.45, 2.75) is 30.6 Å². The van der Waals surface area contributed by atoms with Gasteiger partial charge in [0.2, 0.25) is 0 Å². The highest BCUT2D eigenvalue weighted by molar-refractivity contribution is 7.86. The third kappa shape index (κ3) is 7.43. The lowest BCUT2D eigenvalue weighted by Gasteiger charge is -2.43. The number of azide groups is 1. The Balaban J connectivity index is 2.42. The lowest BCUT2D eigenvalue weighted by atomic mass is 9.94. The molecule has 1 fully saturated rings. The minimum absolute atomic E-state index is 0.278. The number of carbonyl (C=O) groups is 1. The predicted molar refractivity (Wildman–Crippen MR) is 107 cm³/mol. The van der Waals surface area contributed by atoms with Crippen LogP contribution in [-0.2, 0) is 38.1 Å². The van der Waals surface area contributed by atoms with E-state index in [0.29, 0.717) is 0 Å². The number of hydrogen-bond donors (Lipinski definition) is 1. The summed E-state index contributed by atoms with van der Waals surface area (Å²) in [7, 11) is -6.78. The first-order valence-corrected chi connectivity index (χ1v) is 12.4. The molecule has 172 valence electrons. The zero-order chi connectivity index (χ0) is 23.2. The molecule has 1 aromatic rings. The number of ether oxygens (including phenoxy) is 2. The summed E-state index contributed by atoms with van der Waals surface area (Å²) in [6.45, 7) is -0.643. The monoisotopic (exact) mass is 478 g/mol. The molecule has 31 heavy (non-hydrogen) atoms. The van der Waals surface area contributed by atoms with Crippen LogP contribution >= 0.6 is 0 Å². The van der Waals surface area contributed by atoms with Crippen LogP contribution in [0.5, 0.6) is 0 Å². The van der Waals surface area contributed by atoms with Gasteiger partial charge in [-0.1, -0.05) is 23.3 Å². The number of rotatable bonds is 9. The standard InChI is InChI=1S/C16H22N4O9S2/c1-26-16-13(18-15(21)10-7-5-4-6-8-10)12(19-20-17)14(29-31(3,24)25)11(28-16)9-27-30(2,22)23/h4-8,11-14,16H,9H2,1-3H3,(H,18,21). The summed E-state index contributed by atoms with van der Waals surface area (Å²) in [4.78, 5) is 15.3. The van der Waals surface area contributed by atoms with Crippen LogP contribution in [-0.4, -0.2) is 79.6 Å². The molecule has 0 aromatic heterocycles. The van der Waals surface area contributed by atoms with E-state index < -0.39 is 63.3 Å². The summed E-state index contributed by atoms with van der Waals surface area (Å²) < 4.78 is 67.0. The molecule has 2 rings (SSSR count). The van der Waals surface area contributed by atoms with Crippen LogP contribution in [0.4, 0.5) is 0 Å². The van der Waals surface area contributed by atoms with Crippen molar-refractivity contribution >= 4 is 26.1 Å². The lowest BCUT2D eigenvalue weighted by molar-refractivity contribution is -0.229. The van der Waals surface area contributed by atoms with Crippen molar-refractivity contribution in [2.24, 2.45) is 5.11 Å². The molecule has 5 unspecified atom stereocenters. The number of hydrogen-bond acceptors (Lipinski definition) is 10. The number of nitrogens with one attached hydrogen (secondary N) is 1. The zero-order valence-electron chi connectivity index (χ0n) is 16.8. The molecule has 0 bridgehead atoms. The van der Waals surface area contributed by atoms with Crippen LogP contribution in [0, 0.1) is 0 Å². The van der Waals surface area contributed by atoms with E-state index in [9.17, 15) is 21.6 Å². The third-order valence-corrected chi connectivity index (χ3v) is 5.29. The molecule has 1 aromatic carbocycles. The van der Waals surface area contributed by atoms with Crippen LogP contribution < -0.4 is 5.32 Å². The van der Waals surface area contributed by atoms with Crippen LogP contribution in [0.2, 0.25) is 0 Å². The molecule has 15 heteroatoms. The fourth-order valence-electron chi connectivity index (χ4n) is 2.94. The van der Waals surface area contributed by atoms with Crippen LogP contribution in [0.15, 0.2) is 35.4 Å². The first-order valence-electron chi connectivity index (χ1n) is 8.76. The SMILES string of the molecule is COC1OC(COS(C)(=O)=O)C(OS(C)(=O)=O)C(N=[N+]=[N-])C1NC(=O)c1ccccc1. The van der Waals surface area contributed by atoms with E-state index >= 15 is 0 Å². The number of methoxy groups -OCH3 is 1. The maximum atomic E-state index is 12.6. The van der Waals surface area contributed by atoms with Crippen LogP contribution in [0.25, 0.3) is 10.4 Å². The summed E-state index contributed by atoms with van der Waals surface area (Å²) in [5.41, 5.74) is 9.32. The molecule has 13 nitrogen and oxygen atoms in total. The van der Waals surface area contributed by atoms with Gasteiger partial charge in [-0.2, -0.15) is 16.8 Å². The average molecular weight is 479 g/mol. The molecule has 0 spiro atoms. The Bertz CT molecular complexity index is 1030. The van der Waals surface area contributed by atoms with Gasteiger partial charge in [0.1, 0.15) is 12.2 Å². The van der Waals surface area contributed by atoms with Crippen molar-refractivity contribution in [3.8, 4) is 0 Å². The fraction of sp³-hybridized carbons (Fsp3) is 0.562. The summed E-state index contributed by atoms with van der Waals surface area (Å²) in [5.74, 6) is -0.571. The zero-order valence-corrected chi connectivity index (χ0v) is 18.4. The highest BCUT2D eigenvalue weighted by Crippen LogP contribution is 2.28. The van der Waals surface area contributed by atoms with E-state index in [4.69, 9.17) is 23.4 Å². The molecule has 1 amide bonds. The Morgan fingerprint density at radius 3 is 2.35 bits per heavy atom. The first-order chi connectivity index (χ1) is 14.4. The normalized spacial score (nSPS) is 26.6. The molecule has 1 saturated heterocycles. The Hall–Kier alpha value is -2.26. The molecule has 0 saturated carbocycles. The number of amides is 1. The van der Waals surface area contributed by atoms with Crippen molar-refractivity contribution in [2.75, 3.05) is 26.2 Å². The van der Waals surface area contributed by atoms with E-state index in [1.54, 1.807) is 18.2 Å². The van der Waals surface area contributed by atoms with Gasteiger partial charge in [-0.05, 0) is 17.7 Å². The topological polar surface area (TPSA) is 183 Å². The fourth-order valence-corrected chi connectivity index (χ4v) is 3.96. The van der Waals surface area contributed by atoms with Gasteiger partial charge in [-0.3, -0.25) is 13.2 Å². The van der Waals surface area contributed by atoms with Crippen molar-refractivity contribution in [3.05, 3.63) is 46.3 Å². The summed E-state index contributed by atoms with van der Waals surface area (Å²) in [5, 5.41) is 6.17. The van der Waals surface area contributed by atoms with Crippen molar-refractivity contribution in [3.63, 3.8) is 0 Å². The summed E-state index contributed by atoms with van der Waals surface area (Å²) >= 11 is 0. The maximum absolute atomic E-state index is 12.6. The molecular weight excluding hydrogens is 456 g/mol. The van der Waals surface area contributed by atoms with Crippen LogP contribution in [0.3, 0.4) is 0 Å². The Kier molecular flexibility index (Phi) is 8.36. The van der Waals surface area contributed by atoms with Gasteiger partial charge >= 0.3 is 0 Å². The minimum Gasteiger partial charge on any atom is -0.354 e.